The van der Waals surface area contributed by atoms with Crippen LogP contribution in [0.4, 0.5) is 0 Å². The van der Waals surface area contributed by atoms with E-state index in [2.05, 4.69) is 5.16 Å². The van der Waals surface area contributed by atoms with Gasteiger partial charge in [0.15, 0.2) is 5.75 Å². The van der Waals surface area contributed by atoms with E-state index in [4.69, 9.17) is 65.5 Å². The van der Waals surface area contributed by atoms with Crippen molar-refractivity contribution in [2.45, 2.75) is 33.1 Å². The van der Waals surface area contributed by atoms with Gasteiger partial charge in [0, 0.05) is 18.6 Å². The molecule has 0 bridgehead atoms. The molecule has 180 valence electrons. The molecule has 33 heavy (non-hydrogen) atoms. The van der Waals surface area contributed by atoms with Crippen LogP contribution < -0.4 is 14.2 Å². The molecule has 0 aromatic heterocycles. The van der Waals surface area contributed by atoms with Crippen LogP contribution in [0.25, 0.3) is 0 Å². The largest absolute Gasteiger partial charge is 0.494 e. The van der Waals surface area contributed by atoms with Gasteiger partial charge in [0.05, 0.1) is 29.0 Å². The summed E-state index contributed by atoms with van der Waals surface area (Å²) in [5.74, 6) is 1.76. The van der Waals surface area contributed by atoms with E-state index in [9.17, 15) is 0 Å². The highest BCUT2D eigenvalue weighted by Crippen LogP contribution is 2.37. The fourth-order valence-corrected chi connectivity index (χ4v) is 3.32. The maximum atomic E-state index is 6.27. The number of ether oxygens (including phenoxy) is 3. The fraction of sp³-hybridized carbons (Fsp3) is 0.375. The van der Waals surface area contributed by atoms with Crippen LogP contribution in [0, 0.1) is 0 Å². The van der Waals surface area contributed by atoms with Gasteiger partial charge < -0.3 is 19.0 Å². The highest BCUT2D eigenvalue weighted by Gasteiger charge is 2.10. The summed E-state index contributed by atoms with van der Waals surface area (Å²) in [5, 5.41) is 4.67. The minimum absolute atomic E-state index is 0.131. The monoisotopic (exact) mass is 533 g/mol. The molecule has 0 radical (unpaired) electrons. The predicted octanol–water partition coefficient (Wildman–Crippen LogP) is 7.88. The number of hydrogen-bond acceptors (Lipinski definition) is 5. The van der Waals surface area contributed by atoms with E-state index in [0.29, 0.717) is 41.4 Å². The van der Waals surface area contributed by atoms with Gasteiger partial charge in [0.25, 0.3) is 0 Å². The van der Waals surface area contributed by atoms with Gasteiger partial charge in [0.1, 0.15) is 29.2 Å². The lowest BCUT2D eigenvalue weighted by molar-refractivity contribution is 0.147. The van der Waals surface area contributed by atoms with Gasteiger partial charge in [0.2, 0.25) is 0 Å². The van der Waals surface area contributed by atoms with Gasteiger partial charge in [-0.2, -0.15) is 0 Å². The average Bonchev–Trinajstić information content (AvgIpc) is 2.75. The molecule has 0 spiro atoms. The van der Waals surface area contributed by atoms with E-state index in [1.807, 2.05) is 38.1 Å². The van der Waals surface area contributed by atoms with Gasteiger partial charge >= 0.3 is 0 Å². The summed E-state index contributed by atoms with van der Waals surface area (Å²) in [7, 11) is 0. The summed E-state index contributed by atoms with van der Waals surface area (Å²) >= 11 is 23.6. The number of oxime groups is 1. The molecule has 0 fully saturated rings. The second-order valence-electron chi connectivity index (χ2n) is 7.19. The molecule has 2 aromatic carbocycles. The van der Waals surface area contributed by atoms with Crippen molar-refractivity contribution in [2.75, 3.05) is 26.4 Å². The van der Waals surface area contributed by atoms with Gasteiger partial charge in [-0.25, -0.2) is 0 Å². The Kier molecular flexibility index (Phi) is 12.6. The van der Waals surface area contributed by atoms with E-state index in [1.165, 1.54) is 11.6 Å². The molecule has 5 nitrogen and oxygen atoms in total. The van der Waals surface area contributed by atoms with Crippen LogP contribution >= 0.6 is 46.4 Å². The molecule has 2 aromatic rings. The normalized spacial score (nSPS) is 10.4. The Labute approximate surface area is 215 Å². The average molecular weight is 535 g/mol. The van der Waals surface area contributed by atoms with E-state index >= 15 is 0 Å². The summed E-state index contributed by atoms with van der Waals surface area (Å²) in [6.45, 7) is 5.61. The van der Waals surface area contributed by atoms with Crippen LogP contribution in [0.5, 0.6) is 17.2 Å². The molecular weight excluding hydrogens is 508 g/mol. The van der Waals surface area contributed by atoms with Crippen molar-refractivity contribution in [1.29, 1.82) is 0 Å². The third-order valence-corrected chi connectivity index (χ3v) is 5.04. The molecule has 2 rings (SSSR count). The lowest BCUT2D eigenvalue weighted by Crippen LogP contribution is -2.03. The Hall–Kier alpha value is -1.79. The molecule has 0 atom stereocenters. The number of benzene rings is 2. The summed E-state index contributed by atoms with van der Waals surface area (Å²) < 4.78 is 17.1. The molecule has 0 aliphatic carbocycles. The molecule has 0 amide bonds. The van der Waals surface area contributed by atoms with Gasteiger partial charge in [-0.1, -0.05) is 63.7 Å². The number of hydrogen-bond donors (Lipinski definition) is 0. The quantitative estimate of drug-likeness (QED) is 0.140. The molecule has 0 aliphatic heterocycles. The second-order valence-corrected chi connectivity index (χ2v) is 9.01. The highest BCUT2D eigenvalue weighted by atomic mass is 35.5. The zero-order valence-corrected chi connectivity index (χ0v) is 21.6. The first-order chi connectivity index (χ1) is 15.8. The van der Waals surface area contributed by atoms with Crippen molar-refractivity contribution in [3.05, 3.63) is 62.6 Å². The van der Waals surface area contributed by atoms with Gasteiger partial charge in [-0.05, 0) is 50.5 Å². The predicted molar refractivity (Wildman–Crippen MR) is 137 cm³/mol. The minimum atomic E-state index is 0.131. The van der Waals surface area contributed by atoms with E-state index in [0.717, 1.165) is 30.7 Å². The summed E-state index contributed by atoms with van der Waals surface area (Å²) in [5.41, 5.74) is 2.07. The Balaban J connectivity index is 1.66. The first-order valence-electron chi connectivity index (χ1n) is 10.5. The second kappa shape index (κ2) is 15.2. The standard InChI is InChI=1S/C24H27Cl4NO4/c1-17(2)29-33-14-9-18-5-7-19(8-6-18)30-11-3-4-12-32-24-21(25)15-20(16-22(24)26)31-13-10-23(27)28/h5-8,10,15-16H,3-4,9,11-14H2,1-2H3. The van der Waals surface area contributed by atoms with Crippen molar-refractivity contribution in [3.63, 3.8) is 0 Å². The van der Waals surface area contributed by atoms with Crippen LogP contribution in [-0.4, -0.2) is 32.1 Å². The van der Waals surface area contributed by atoms with Crippen molar-refractivity contribution >= 4 is 52.1 Å². The molecule has 0 saturated carbocycles. The van der Waals surface area contributed by atoms with Gasteiger partial charge in [-0.3, -0.25) is 0 Å². The van der Waals surface area contributed by atoms with Crippen LogP contribution in [0.15, 0.2) is 52.1 Å². The maximum absolute atomic E-state index is 6.27. The van der Waals surface area contributed by atoms with Crippen molar-refractivity contribution in [1.82, 2.24) is 0 Å². The molecule has 0 saturated heterocycles. The van der Waals surface area contributed by atoms with Crippen LogP contribution in [0.2, 0.25) is 10.0 Å². The molecular formula is C24H27Cl4NO4. The third-order valence-electron chi connectivity index (χ3n) is 4.17. The van der Waals surface area contributed by atoms with Crippen LogP contribution in [0.3, 0.4) is 0 Å². The molecule has 0 heterocycles. The fourth-order valence-electron chi connectivity index (χ4n) is 2.62. The summed E-state index contributed by atoms with van der Waals surface area (Å²) in [6, 6.07) is 11.2. The number of unbranched alkanes of at least 4 members (excludes halogenated alkanes) is 1. The Morgan fingerprint density at radius 1 is 0.848 bits per heavy atom. The lowest BCUT2D eigenvalue weighted by atomic mass is 10.1. The zero-order chi connectivity index (χ0) is 24.1. The number of halogens is 4. The Morgan fingerprint density at radius 2 is 1.48 bits per heavy atom. The Bertz CT molecular complexity index is 902. The van der Waals surface area contributed by atoms with Crippen molar-refractivity contribution in [2.24, 2.45) is 5.16 Å². The van der Waals surface area contributed by atoms with Crippen molar-refractivity contribution < 1.29 is 19.0 Å². The minimum Gasteiger partial charge on any atom is -0.494 e. The van der Waals surface area contributed by atoms with Crippen molar-refractivity contribution in [3.8, 4) is 17.2 Å². The smallest absolute Gasteiger partial charge is 0.156 e. The van der Waals surface area contributed by atoms with Crippen LogP contribution in [0.1, 0.15) is 32.3 Å². The highest BCUT2D eigenvalue weighted by molar-refractivity contribution is 6.55. The van der Waals surface area contributed by atoms with Crippen LogP contribution in [-0.2, 0) is 11.3 Å². The van der Waals surface area contributed by atoms with E-state index in [-0.39, 0.29) is 11.1 Å². The zero-order valence-electron chi connectivity index (χ0n) is 18.6. The first-order valence-corrected chi connectivity index (χ1v) is 12.0. The topological polar surface area (TPSA) is 49.3 Å². The summed E-state index contributed by atoms with van der Waals surface area (Å²) in [4.78, 5) is 5.22. The number of rotatable bonds is 14. The molecule has 9 heteroatoms. The molecule has 0 aliphatic rings. The SMILES string of the molecule is CC(C)=NOCCc1ccc(OCCCCOc2c(Cl)cc(OCC=C(Cl)Cl)cc2Cl)cc1. The third kappa shape index (κ3) is 11.3. The number of nitrogens with zero attached hydrogens (tertiary/aromatic N) is 1. The summed E-state index contributed by atoms with van der Waals surface area (Å²) in [6.07, 6.45) is 3.93. The first kappa shape index (κ1) is 27.5. The lowest BCUT2D eigenvalue weighted by Gasteiger charge is -2.12. The molecule has 0 unspecified atom stereocenters. The maximum Gasteiger partial charge on any atom is 0.156 e. The van der Waals surface area contributed by atoms with E-state index in [1.54, 1.807) is 12.1 Å². The van der Waals surface area contributed by atoms with E-state index < -0.39 is 0 Å². The Morgan fingerprint density at radius 3 is 2.09 bits per heavy atom. The molecule has 0 N–H and O–H groups in total. The van der Waals surface area contributed by atoms with Gasteiger partial charge in [-0.15, -0.1) is 0 Å².